The third-order valence-corrected chi connectivity index (χ3v) is 5.37. The second-order valence-corrected chi connectivity index (χ2v) is 9.35. The molecule has 1 N–H and O–H groups in total. The summed E-state index contributed by atoms with van der Waals surface area (Å²) in [5.41, 5.74) is 4.11. The highest BCUT2D eigenvalue weighted by molar-refractivity contribution is 9.10. The van der Waals surface area contributed by atoms with Gasteiger partial charge in [0, 0.05) is 16.4 Å². The summed E-state index contributed by atoms with van der Waals surface area (Å²) in [6.07, 6.45) is 2.05. The molecule has 2 heterocycles. The minimum Gasteiger partial charge on any atom is -0.468 e. The third kappa shape index (κ3) is 4.70. The molecular formula is C24H25BrN4O3. The minimum atomic E-state index is -0.506. The molecule has 8 heteroatoms. The van der Waals surface area contributed by atoms with Crippen molar-refractivity contribution in [2.75, 3.05) is 13.7 Å². The molecule has 0 fully saturated rings. The second kappa shape index (κ2) is 8.78. The minimum absolute atomic E-state index is 0.407. The first kappa shape index (κ1) is 22.1. The Morgan fingerprint density at radius 3 is 2.56 bits per heavy atom. The van der Waals surface area contributed by atoms with Gasteiger partial charge in [-0.2, -0.15) is 4.98 Å². The molecule has 166 valence electrons. The van der Waals surface area contributed by atoms with E-state index < -0.39 is 11.7 Å². The molecule has 1 amide bonds. The van der Waals surface area contributed by atoms with Gasteiger partial charge in [0.05, 0.1) is 30.0 Å². The number of fused-ring (bicyclic) bond motifs is 3. The van der Waals surface area contributed by atoms with E-state index in [9.17, 15) is 4.79 Å². The summed E-state index contributed by atoms with van der Waals surface area (Å²) in [5, 5.41) is 3.77. The van der Waals surface area contributed by atoms with Crippen molar-refractivity contribution in [2.45, 2.75) is 32.8 Å². The molecule has 32 heavy (non-hydrogen) atoms. The van der Waals surface area contributed by atoms with Gasteiger partial charge in [-0.3, -0.25) is 9.55 Å². The van der Waals surface area contributed by atoms with Gasteiger partial charge in [-0.25, -0.2) is 4.79 Å². The Bertz CT molecular complexity index is 1280. The van der Waals surface area contributed by atoms with E-state index in [1.54, 1.807) is 13.3 Å². The highest BCUT2D eigenvalue weighted by atomic mass is 79.9. The van der Waals surface area contributed by atoms with Crippen LogP contribution in [0.25, 0.3) is 27.6 Å². The van der Waals surface area contributed by atoms with E-state index in [1.807, 2.05) is 67.8 Å². The average molecular weight is 497 g/mol. The lowest BCUT2D eigenvalue weighted by Gasteiger charge is -2.19. The molecule has 0 spiro atoms. The number of alkyl carbamates (subject to hydrolysis) is 1. The summed E-state index contributed by atoms with van der Waals surface area (Å²) >= 11 is 3.55. The van der Waals surface area contributed by atoms with Gasteiger partial charge >= 0.3 is 12.1 Å². The van der Waals surface area contributed by atoms with Crippen LogP contribution in [-0.4, -0.2) is 39.9 Å². The number of nitrogens with one attached hydrogen (secondary N) is 1. The number of hydrogen-bond acceptors (Lipinski definition) is 5. The van der Waals surface area contributed by atoms with Gasteiger partial charge in [-0.1, -0.05) is 28.1 Å². The first-order chi connectivity index (χ1) is 15.2. The van der Waals surface area contributed by atoms with Crippen LogP contribution in [0.4, 0.5) is 4.79 Å². The normalized spacial score (nSPS) is 11.7. The van der Waals surface area contributed by atoms with Crippen LogP contribution in [0.1, 0.15) is 26.3 Å². The fourth-order valence-corrected chi connectivity index (χ4v) is 3.88. The van der Waals surface area contributed by atoms with E-state index in [2.05, 4.69) is 31.2 Å². The van der Waals surface area contributed by atoms with Gasteiger partial charge in [-0.15, -0.1) is 0 Å². The van der Waals surface area contributed by atoms with Crippen LogP contribution in [0, 0.1) is 0 Å². The van der Waals surface area contributed by atoms with E-state index >= 15 is 0 Å². The van der Waals surface area contributed by atoms with Crippen LogP contribution in [0.2, 0.25) is 0 Å². The number of rotatable bonds is 5. The summed E-state index contributed by atoms with van der Waals surface area (Å²) in [4.78, 5) is 20.9. The average Bonchev–Trinajstić information content (AvgIpc) is 3.12. The zero-order valence-electron chi connectivity index (χ0n) is 18.5. The largest absolute Gasteiger partial charge is 0.468 e. The van der Waals surface area contributed by atoms with E-state index in [4.69, 9.17) is 9.47 Å². The maximum atomic E-state index is 11.8. The van der Waals surface area contributed by atoms with Crippen molar-refractivity contribution in [3.05, 3.63) is 58.7 Å². The van der Waals surface area contributed by atoms with Gasteiger partial charge < -0.3 is 14.8 Å². The molecular weight excluding hydrogens is 472 g/mol. The van der Waals surface area contributed by atoms with E-state index in [0.29, 0.717) is 19.0 Å². The predicted octanol–water partition coefficient (Wildman–Crippen LogP) is 5.41. The summed E-state index contributed by atoms with van der Waals surface area (Å²) in [6.45, 7) is 6.03. The maximum Gasteiger partial charge on any atom is 0.407 e. The first-order valence-corrected chi connectivity index (χ1v) is 11.1. The molecule has 2 aromatic carbocycles. The molecule has 0 saturated carbocycles. The van der Waals surface area contributed by atoms with Gasteiger partial charge in [0.15, 0.2) is 0 Å². The fourth-order valence-electron chi connectivity index (χ4n) is 3.52. The van der Waals surface area contributed by atoms with Gasteiger partial charge in [0.25, 0.3) is 0 Å². The highest BCUT2D eigenvalue weighted by Crippen LogP contribution is 2.32. The zero-order valence-corrected chi connectivity index (χ0v) is 20.1. The van der Waals surface area contributed by atoms with Crippen molar-refractivity contribution >= 4 is 44.0 Å². The number of hydrogen-bond donors (Lipinski definition) is 1. The molecule has 0 aliphatic rings. The van der Waals surface area contributed by atoms with Gasteiger partial charge in [0.2, 0.25) is 0 Å². The first-order valence-electron chi connectivity index (χ1n) is 10.3. The standard InChI is InChI=1S/C24H25BrN4O3/c1-24(2,3)32-23(30)26-12-11-15-5-8-17(9-6-15)29-21-18-13-16(25)7-10-19(18)27-14-20(21)28-22(29)31-4/h5-10,13-14H,11-12H2,1-4H3,(H,26,30). The van der Waals surface area contributed by atoms with Crippen LogP contribution < -0.4 is 10.1 Å². The number of benzene rings is 2. The Morgan fingerprint density at radius 2 is 1.88 bits per heavy atom. The van der Waals surface area contributed by atoms with Crippen molar-refractivity contribution in [1.29, 1.82) is 0 Å². The number of carbonyl (C=O) groups excluding carboxylic acids is 1. The number of nitrogens with zero attached hydrogens (tertiary/aromatic N) is 3. The van der Waals surface area contributed by atoms with E-state index in [1.165, 1.54) is 0 Å². The van der Waals surface area contributed by atoms with Gasteiger partial charge in [0.1, 0.15) is 11.1 Å². The van der Waals surface area contributed by atoms with Crippen LogP contribution in [0.15, 0.2) is 53.1 Å². The number of aromatic nitrogens is 3. The van der Waals surface area contributed by atoms with Crippen LogP contribution in [0.3, 0.4) is 0 Å². The maximum absolute atomic E-state index is 11.8. The number of halogens is 1. The van der Waals surface area contributed by atoms with Crippen molar-refractivity contribution < 1.29 is 14.3 Å². The molecule has 0 aliphatic carbocycles. The Morgan fingerprint density at radius 1 is 1.12 bits per heavy atom. The molecule has 0 bridgehead atoms. The summed E-state index contributed by atoms with van der Waals surface area (Å²) in [7, 11) is 1.61. The van der Waals surface area contributed by atoms with E-state index in [0.717, 1.165) is 37.7 Å². The second-order valence-electron chi connectivity index (χ2n) is 8.43. The number of methoxy groups -OCH3 is 1. The van der Waals surface area contributed by atoms with Crippen molar-refractivity contribution in [3.8, 4) is 11.7 Å². The lowest BCUT2D eigenvalue weighted by Crippen LogP contribution is -2.33. The van der Waals surface area contributed by atoms with Crippen molar-refractivity contribution in [3.63, 3.8) is 0 Å². The molecule has 4 rings (SSSR count). The molecule has 4 aromatic rings. The third-order valence-electron chi connectivity index (χ3n) is 4.87. The lowest BCUT2D eigenvalue weighted by molar-refractivity contribution is 0.0528. The fraction of sp³-hybridized carbons (Fsp3) is 0.292. The van der Waals surface area contributed by atoms with Crippen molar-refractivity contribution in [2.24, 2.45) is 0 Å². The molecule has 2 aromatic heterocycles. The molecule has 7 nitrogen and oxygen atoms in total. The Hall–Kier alpha value is -3.13. The number of pyridine rings is 1. The Kier molecular flexibility index (Phi) is 6.06. The molecule has 0 saturated heterocycles. The smallest absolute Gasteiger partial charge is 0.407 e. The monoisotopic (exact) mass is 496 g/mol. The highest BCUT2D eigenvalue weighted by Gasteiger charge is 2.17. The molecule has 0 aliphatic heterocycles. The molecule has 0 radical (unpaired) electrons. The number of imidazole rings is 1. The van der Waals surface area contributed by atoms with Crippen LogP contribution in [-0.2, 0) is 11.2 Å². The van der Waals surface area contributed by atoms with E-state index in [-0.39, 0.29) is 0 Å². The summed E-state index contributed by atoms with van der Waals surface area (Å²) in [5.74, 6) is 0. The number of ether oxygens (including phenoxy) is 2. The number of carbonyl (C=O) groups is 1. The topological polar surface area (TPSA) is 78.3 Å². The van der Waals surface area contributed by atoms with Crippen LogP contribution >= 0.6 is 15.9 Å². The lowest BCUT2D eigenvalue weighted by atomic mass is 10.1. The quantitative estimate of drug-likeness (QED) is 0.399. The Balaban J connectivity index is 1.61. The van der Waals surface area contributed by atoms with Gasteiger partial charge in [-0.05, 0) is 63.1 Å². The van der Waals surface area contributed by atoms with Crippen LogP contribution in [0.5, 0.6) is 6.01 Å². The summed E-state index contributed by atoms with van der Waals surface area (Å²) in [6, 6.07) is 14.6. The SMILES string of the molecule is COc1nc2cnc3ccc(Br)cc3c2n1-c1ccc(CCNC(=O)OC(C)(C)C)cc1. The van der Waals surface area contributed by atoms with Crippen molar-refractivity contribution in [1.82, 2.24) is 19.9 Å². The molecule has 0 unspecified atom stereocenters. The zero-order chi connectivity index (χ0) is 22.9. The summed E-state index contributed by atoms with van der Waals surface area (Å²) < 4.78 is 13.8. The Labute approximate surface area is 194 Å². The number of amides is 1. The predicted molar refractivity (Wildman–Crippen MR) is 129 cm³/mol. The molecule has 0 atom stereocenters.